The van der Waals surface area contributed by atoms with Crippen molar-refractivity contribution in [3.05, 3.63) is 35.4 Å². The Labute approximate surface area is 219 Å². The average Bonchev–Trinajstić information content (AvgIpc) is 3.43. The van der Waals surface area contributed by atoms with Gasteiger partial charge in [-0.2, -0.15) is 0 Å². The molecule has 4 aliphatic carbocycles. The highest BCUT2D eigenvalue weighted by atomic mass is 28.3. The molecule has 35 heavy (non-hydrogen) atoms. The van der Waals surface area contributed by atoms with Gasteiger partial charge in [0.15, 0.2) is 0 Å². The molecule has 4 aliphatic rings. The largest absolute Gasteiger partial charge is 0.0689 e. The summed E-state index contributed by atoms with van der Waals surface area (Å²) in [5.74, 6) is 9.24. The third kappa shape index (κ3) is 4.13. The Hall–Kier alpha value is -0.563. The van der Waals surface area contributed by atoms with Crippen LogP contribution in [0.5, 0.6) is 0 Å². The van der Waals surface area contributed by atoms with Gasteiger partial charge in [-0.3, -0.25) is 0 Å². The van der Waals surface area contributed by atoms with Gasteiger partial charge >= 0.3 is 0 Å². The summed E-state index contributed by atoms with van der Waals surface area (Å²) in [6.07, 6.45) is 7.56. The Kier molecular flexibility index (Phi) is 6.72. The molecule has 11 atom stereocenters. The van der Waals surface area contributed by atoms with E-state index in [0.29, 0.717) is 0 Å². The first-order valence-corrected chi connectivity index (χ1v) is 18.6. The molecule has 0 radical (unpaired) electrons. The molecular weight excluding hydrogens is 436 g/mol. The lowest BCUT2D eigenvalue weighted by Gasteiger charge is -2.50. The topological polar surface area (TPSA) is 0 Å². The summed E-state index contributed by atoms with van der Waals surface area (Å²) in [5.41, 5.74) is 5.47. The van der Waals surface area contributed by atoms with E-state index in [9.17, 15) is 0 Å². The molecule has 196 valence electrons. The fraction of sp³-hybridized carbons (Fsp3) is 0.824. The van der Waals surface area contributed by atoms with Crippen LogP contribution in [0, 0.1) is 53.3 Å². The average molecular weight is 493 g/mol. The van der Waals surface area contributed by atoms with Gasteiger partial charge in [-0.25, -0.2) is 0 Å². The maximum Gasteiger partial charge on any atom is 0.0546 e. The Morgan fingerprint density at radius 3 is 1.86 bits per heavy atom. The summed E-state index contributed by atoms with van der Waals surface area (Å²) in [4.78, 5) is 0. The van der Waals surface area contributed by atoms with Crippen LogP contribution in [0.2, 0.25) is 24.2 Å². The number of fused-ring (bicyclic) bond motifs is 2. The highest BCUT2D eigenvalue weighted by Gasteiger charge is 2.60. The number of hydrogen-bond acceptors (Lipinski definition) is 0. The molecule has 0 heterocycles. The van der Waals surface area contributed by atoms with Crippen molar-refractivity contribution in [1.82, 2.24) is 0 Å². The molecule has 1 aromatic carbocycles. The fourth-order valence-electron chi connectivity index (χ4n) is 11.3. The zero-order valence-corrected chi connectivity index (χ0v) is 25.8. The molecule has 0 aromatic heterocycles. The molecule has 0 nitrogen and oxygen atoms in total. The van der Waals surface area contributed by atoms with Crippen LogP contribution >= 0.6 is 0 Å². The minimum absolute atomic E-state index is 0.245. The van der Waals surface area contributed by atoms with Crippen LogP contribution in [0.25, 0.3) is 0 Å². The van der Waals surface area contributed by atoms with Crippen LogP contribution in [0.3, 0.4) is 0 Å². The summed E-state index contributed by atoms with van der Waals surface area (Å²) in [6, 6.07) is 10.1. The second-order valence-corrected chi connectivity index (χ2v) is 20.8. The normalized spacial score (nSPS) is 46.0. The number of hydrogen-bond donors (Lipinski definition) is 0. The highest BCUT2D eigenvalue weighted by Crippen LogP contribution is 2.68. The van der Waals surface area contributed by atoms with Gasteiger partial charge in [-0.05, 0) is 106 Å². The monoisotopic (exact) mass is 492 g/mol. The Morgan fingerprint density at radius 1 is 0.686 bits per heavy atom. The summed E-state index contributed by atoms with van der Waals surface area (Å²) in [6.45, 7) is 25.9. The lowest BCUT2D eigenvalue weighted by Crippen LogP contribution is -2.47. The van der Waals surface area contributed by atoms with Crippen LogP contribution in [0.1, 0.15) is 105 Å². The van der Waals surface area contributed by atoms with E-state index < -0.39 is 8.07 Å². The zero-order valence-electron chi connectivity index (χ0n) is 24.8. The quantitative estimate of drug-likeness (QED) is 0.368. The van der Waals surface area contributed by atoms with Crippen molar-refractivity contribution in [2.45, 2.75) is 123 Å². The van der Waals surface area contributed by atoms with Crippen LogP contribution in [0.15, 0.2) is 24.3 Å². The molecule has 11 unspecified atom stereocenters. The van der Waals surface area contributed by atoms with Crippen molar-refractivity contribution < 1.29 is 0 Å². The molecule has 0 aliphatic heterocycles. The van der Waals surface area contributed by atoms with Gasteiger partial charge in [-0.1, -0.05) is 106 Å². The van der Waals surface area contributed by atoms with Gasteiger partial charge in [0.05, 0.1) is 8.07 Å². The van der Waals surface area contributed by atoms with E-state index >= 15 is 0 Å². The van der Waals surface area contributed by atoms with E-state index in [-0.39, 0.29) is 5.41 Å². The van der Waals surface area contributed by atoms with Crippen molar-refractivity contribution in [2.24, 2.45) is 53.3 Å². The van der Waals surface area contributed by atoms with Gasteiger partial charge in [0.25, 0.3) is 0 Å². The number of rotatable bonds is 3. The SMILES string of the molecule is CC1CC2C(CC3CCCC3C2c2ccc(C(C)(C)C)cc2)C1[Si](C)(C)C1C(C)C(C)C(C)C1C. The molecule has 0 spiro atoms. The van der Waals surface area contributed by atoms with Gasteiger partial charge in [-0.15, -0.1) is 0 Å². The molecule has 1 aromatic rings. The van der Waals surface area contributed by atoms with E-state index in [2.05, 4.69) is 92.7 Å². The standard InChI is InChI=1S/C34H56Si/c1-20-18-29-30(32(20)35(9,10)33-23(4)21(2)22(3)24(33)5)19-26-12-11-13-28(26)31(29)25-14-16-27(17-15-25)34(6,7)8/h14-17,20-24,26,28-33H,11-13,18-19H2,1-10H3. The third-order valence-corrected chi connectivity index (χ3v) is 18.5. The molecule has 5 rings (SSSR count). The van der Waals surface area contributed by atoms with Crippen LogP contribution < -0.4 is 0 Å². The molecule has 0 amide bonds. The molecule has 4 saturated carbocycles. The maximum atomic E-state index is 2.85. The summed E-state index contributed by atoms with van der Waals surface area (Å²) in [5, 5.41) is 0. The smallest absolute Gasteiger partial charge is 0.0546 e. The van der Waals surface area contributed by atoms with Crippen molar-refractivity contribution in [1.29, 1.82) is 0 Å². The minimum atomic E-state index is -1.43. The van der Waals surface area contributed by atoms with Crippen LogP contribution in [-0.4, -0.2) is 8.07 Å². The van der Waals surface area contributed by atoms with Gasteiger partial charge in [0, 0.05) is 0 Å². The van der Waals surface area contributed by atoms with Crippen LogP contribution in [-0.2, 0) is 5.41 Å². The Bertz CT molecular complexity index is 876. The van der Waals surface area contributed by atoms with E-state index in [1.165, 1.54) is 31.2 Å². The summed E-state index contributed by atoms with van der Waals surface area (Å²) in [7, 11) is -1.43. The maximum absolute atomic E-state index is 2.85. The molecule has 0 saturated heterocycles. The van der Waals surface area contributed by atoms with Crippen molar-refractivity contribution in [2.75, 3.05) is 0 Å². The van der Waals surface area contributed by atoms with Crippen molar-refractivity contribution in [3.8, 4) is 0 Å². The highest BCUT2D eigenvalue weighted by molar-refractivity contribution is 6.80. The lowest BCUT2D eigenvalue weighted by atomic mass is 9.61. The number of benzene rings is 1. The minimum Gasteiger partial charge on any atom is -0.0689 e. The van der Waals surface area contributed by atoms with E-state index in [0.717, 1.165) is 70.3 Å². The van der Waals surface area contributed by atoms with Gasteiger partial charge in [0.2, 0.25) is 0 Å². The van der Waals surface area contributed by atoms with Gasteiger partial charge < -0.3 is 0 Å². The zero-order chi connectivity index (χ0) is 25.4. The lowest BCUT2D eigenvalue weighted by molar-refractivity contribution is 0.121. The van der Waals surface area contributed by atoms with Crippen LogP contribution in [0.4, 0.5) is 0 Å². The Balaban J connectivity index is 1.49. The molecule has 0 bridgehead atoms. The van der Waals surface area contributed by atoms with E-state index in [1.807, 2.05) is 0 Å². The Morgan fingerprint density at radius 2 is 1.29 bits per heavy atom. The van der Waals surface area contributed by atoms with Crippen molar-refractivity contribution in [3.63, 3.8) is 0 Å². The first-order valence-electron chi connectivity index (χ1n) is 15.4. The second-order valence-electron chi connectivity index (χ2n) is 15.8. The summed E-state index contributed by atoms with van der Waals surface area (Å²) < 4.78 is 0. The second kappa shape index (κ2) is 9.02. The van der Waals surface area contributed by atoms with E-state index in [4.69, 9.17) is 0 Å². The predicted octanol–water partition coefficient (Wildman–Crippen LogP) is 10.2. The first-order chi connectivity index (χ1) is 16.3. The molecule has 4 fully saturated rings. The predicted molar refractivity (Wildman–Crippen MR) is 156 cm³/mol. The molecule has 0 N–H and O–H groups in total. The van der Waals surface area contributed by atoms with Gasteiger partial charge in [0.1, 0.15) is 0 Å². The fourth-order valence-corrected chi connectivity index (χ4v) is 18.2. The molecular formula is C34H56Si. The summed E-state index contributed by atoms with van der Waals surface area (Å²) >= 11 is 0. The van der Waals surface area contributed by atoms with E-state index in [1.54, 1.807) is 12.0 Å². The first kappa shape index (κ1) is 26.1. The molecule has 1 heteroatoms. The third-order valence-electron chi connectivity index (χ3n) is 13.0. The van der Waals surface area contributed by atoms with Crippen molar-refractivity contribution >= 4 is 8.07 Å².